The van der Waals surface area contributed by atoms with Gasteiger partial charge in [0.25, 0.3) is 15.7 Å². The summed E-state index contributed by atoms with van der Waals surface area (Å²) < 4.78 is 26.8. The lowest BCUT2D eigenvalue weighted by molar-refractivity contribution is -0.384. The molecule has 110 valence electrons. The van der Waals surface area contributed by atoms with Gasteiger partial charge >= 0.3 is 0 Å². The molecule has 1 aromatic heterocycles. The number of nitro benzene ring substituents is 1. The van der Waals surface area contributed by atoms with Crippen LogP contribution in [-0.4, -0.2) is 23.3 Å². The number of nitro groups is 1. The van der Waals surface area contributed by atoms with Crippen LogP contribution in [-0.2, 0) is 10.0 Å². The van der Waals surface area contributed by atoms with Crippen molar-refractivity contribution in [1.82, 2.24) is 9.97 Å². The van der Waals surface area contributed by atoms with Gasteiger partial charge in [-0.1, -0.05) is 15.9 Å². The molecule has 0 unspecified atom stereocenters. The lowest BCUT2D eigenvalue weighted by atomic mass is 10.3. The quantitative estimate of drug-likeness (QED) is 0.485. The van der Waals surface area contributed by atoms with Gasteiger partial charge in [-0.05, 0) is 23.7 Å². The van der Waals surface area contributed by atoms with Crippen LogP contribution in [0, 0.1) is 10.1 Å². The van der Waals surface area contributed by atoms with Gasteiger partial charge < -0.3 is 0 Å². The predicted octanol–water partition coefficient (Wildman–Crippen LogP) is 2.60. The van der Waals surface area contributed by atoms with Crippen LogP contribution in [0.25, 0.3) is 0 Å². The number of hydrogen-bond acceptors (Lipinski definition) is 6. The molecule has 2 aromatic rings. The van der Waals surface area contributed by atoms with Crippen molar-refractivity contribution in [2.45, 2.75) is 4.90 Å². The molecule has 1 heterocycles. The van der Waals surface area contributed by atoms with Crippen molar-refractivity contribution < 1.29 is 13.3 Å². The van der Waals surface area contributed by atoms with E-state index in [0.717, 1.165) is 12.4 Å². The number of halogens is 2. The molecule has 21 heavy (non-hydrogen) atoms. The van der Waals surface area contributed by atoms with Crippen LogP contribution in [0.3, 0.4) is 0 Å². The van der Waals surface area contributed by atoms with Crippen LogP contribution >= 0.6 is 27.5 Å². The van der Waals surface area contributed by atoms with Crippen LogP contribution in [0.15, 0.2) is 40.0 Å². The Hall–Kier alpha value is -1.78. The standard InChI is InChI=1S/C10H6BrClN4O4S/c11-6-1-2-8(9(3-6)16(17)18)15-21(19,20)7-4-13-10(12)14-5-7/h1-5,15H. The van der Waals surface area contributed by atoms with Gasteiger partial charge in [0.15, 0.2) is 0 Å². The fraction of sp³-hybridized carbons (Fsp3) is 0. The van der Waals surface area contributed by atoms with Gasteiger partial charge in [-0.15, -0.1) is 0 Å². The molecule has 0 saturated heterocycles. The normalized spacial score (nSPS) is 11.1. The second kappa shape index (κ2) is 5.92. The van der Waals surface area contributed by atoms with E-state index in [4.69, 9.17) is 11.6 Å². The van der Waals surface area contributed by atoms with E-state index in [0.29, 0.717) is 4.47 Å². The first-order chi connectivity index (χ1) is 9.79. The van der Waals surface area contributed by atoms with Crippen LogP contribution in [0.5, 0.6) is 0 Å². The van der Waals surface area contributed by atoms with Crippen LogP contribution < -0.4 is 4.72 Å². The Labute approximate surface area is 132 Å². The zero-order valence-electron chi connectivity index (χ0n) is 10.0. The van der Waals surface area contributed by atoms with Gasteiger partial charge in [-0.25, -0.2) is 18.4 Å². The Morgan fingerprint density at radius 3 is 2.48 bits per heavy atom. The highest BCUT2D eigenvalue weighted by Crippen LogP contribution is 2.29. The fourth-order valence-electron chi connectivity index (χ4n) is 1.39. The third kappa shape index (κ3) is 3.65. The molecule has 1 N–H and O–H groups in total. The number of rotatable bonds is 4. The zero-order valence-corrected chi connectivity index (χ0v) is 13.2. The first-order valence-corrected chi connectivity index (χ1v) is 7.89. The van der Waals surface area contributed by atoms with Crippen LogP contribution in [0.4, 0.5) is 11.4 Å². The second-order valence-electron chi connectivity index (χ2n) is 3.71. The molecular formula is C10H6BrClN4O4S. The van der Waals surface area contributed by atoms with Crippen molar-refractivity contribution in [2.24, 2.45) is 0 Å². The lowest BCUT2D eigenvalue weighted by Crippen LogP contribution is -2.14. The Bertz CT molecular complexity index is 797. The molecule has 0 amide bonds. The third-order valence-corrected chi connectivity index (χ3v) is 4.32. The maximum Gasteiger partial charge on any atom is 0.294 e. The summed E-state index contributed by atoms with van der Waals surface area (Å²) in [6.45, 7) is 0. The summed E-state index contributed by atoms with van der Waals surface area (Å²) in [6, 6.07) is 3.94. The lowest BCUT2D eigenvalue weighted by Gasteiger charge is -2.08. The minimum Gasteiger partial charge on any atom is -0.273 e. The van der Waals surface area contributed by atoms with Gasteiger partial charge in [-0.2, -0.15) is 0 Å². The third-order valence-electron chi connectivity index (χ3n) is 2.31. The van der Waals surface area contributed by atoms with Crippen molar-refractivity contribution >= 4 is 48.9 Å². The minimum atomic E-state index is -4.05. The molecule has 0 spiro atoms. The molecule has 2 rings (SSSR count). The number of benzene rings is 1. The number of nitrogens with zero attached hydrogens (tertiary/aromatic N) is 3. The average molecular weight is 394 g/mol. The summed E-state index contributed by atoms with van der Waals surface area (Å²) in [5.74, 6) is 0. The van der Waals surface area contributed by atoms with Gasteiger partial charge in [-0.3, -0.25) is 14.8 Å². The molecule has 0 fully saturated rings. The SMILES string of the molecule is O=[N+]([O-])c1cc(Br)ccc1NS(=O)(=O)c1cnc(Cl)nc1. The molecule has 0 aliphatic heterocycles. The van der Waals surface area contributed by atoms with Gasteiger partial charge in [0, 0.05) is 10.5 Å². The van der Waals surface area contributed by atoms with E-state index < -0.39 is 14.9 Å². The summed E-state index contributed by atoms with van der Waals surface area (Å²) in [6.07, 6.45) is 2.00. The maximum atomic E-state index is 12.1. The molecular weight excluding hydrogens is 388 g/mol. The van der Waals surface area contributed by atoms with Gasteiger partial charge in [0.2, 0.25) is 5.28 Å². The van der Waals surface area contributed by atoms with Crippen molar-refractivity contribution in [2.75, 3.05) is 4.72 Å². The highest BCUT2D eigenvalue weighted by atomic mass is 79.9. The molecule has 1 aromatic carbocycles. The second-order valence-corrected chi connectivity index (χ2v) is 6.65. The Balaban J connectivity index is 2.41. The fourth-order valence-corrected chi connectivity index (χ4v) is 2.79. The molecule has 8 nitrogen and oxygen atoms in total. The van der Waals surface area contributed by atoms with E-state index in [2.05, 4.69) is 30.6 Å². The largest absolute Gasteiger partial charge is 0.294 e. The van der Waals surface area contributed by atoms with Crippen molar-refractivity contribution in [3.8, 4) is 0 Å². The molecule has 0 atom stereocenters. The highest BCUT2D eigenvalue weighted by Gasteiger charge is 2.21. The molecule has 0 aliphatic rings. The van der Waals surface area contributed by atoms with E-state index in [9.17, 15) is 18.5 Å². The van der Waals surface area contributed by atoms with E-state index in [1.54, 1.807) is 0 Å². The Kier molecular flexibility index (Phi) is 4.40. The number of hydrogen-bond donors (Lipinski definition) is 1. The minimum absolute atomic E-state index is 0.108. The van der Waals surface area contributed by atoms with Gasteiger partial charge in [0.1, 0.15) is 10.6 Å². The molecule has 0 radical (unpaired) electrons. The first kappa shape index (κ1) is 15.6. The molecule has 0 bridgehead atoms. The average Bonchev–Trinajstić information content (AvgIpc) is 2.41. The van der Waals surface area contributed by atoms with E-state index in [1.807, 2.05) is 0 Å². The van der Waals surface area contributed by atoms with E-state index in [1.165, 1.54) is 18.2 Å². The van der Waals surface area contributed by atoms with Crippen LogP contribution in [0.2, 0.25) is 5.28 Å². The number of sulfonamides is 1. The summed E-state index contributed by atoms with van der Waals surface area (Å²) in [4.78, 5) is 17.1. The number of aromatic nitrogens is 2. The predicted molar refractivity (Wildman–Crippen MR) is 78.6 cm³/mol. The number of anilines is 1. The summed E-state index contributed by atoms with van der Waals surface area (Å²) in [7, 11) is -4.05. The van der Waals surface area contributed by atoms with Crippen molar-refractivity contribution in [3.05, 3.63) is 50.5 Å². The summed E-state index contributed by atoms with van der Waals surface area (Å²) in [5.41, 5.74) is -0.555. The van der Waals surface area contributed by atoms with Gasteiger partial charge in [0.05, 0.1) is 17.3 Å². The van der Waals surface area contributed by atoms with Crippen molar-refractivity contribution in [1.29, 1.82) is 0 Å². The zero-order chi connectivity index (χ0) is 15.6. The molecule has 0 saturated carbocycles. The highest BCUT2D eigenvalue weighted by molar-refractivity contribution is 9.10. The molecule has 0 aliphatic carbocycles. The van der Waals surface area contributed by atoms with Crippen LogP contribution in [0.1, 0.15) is 0 Å². The van der Waals surface area contributed by atoms with E-state index in [-0.39, 0.29) is 21.6 Å². The Morgan fingerprint density at radius 2 is 1.90 bits per heavy atom. The van der Waals surface area contributed by atoms with E-state index >= 15 is 0 Å². The van der Waals surface area contributed by atoms with Crippen molar-refractivity contribution in [3.63, 3.8) is 0 Å². The Morgan fingerprint density at radius 1 is 1.29 bits per heavy atom. The summed E-state index contributed by atoms with van der Waals surface area (Å²) in [5, 5.41) is 10.8. The number of nitrogens with one attached hydrogen (secondary N) is 1. The molecule has 11 heteroatoms. The smallest absolute Gasteiger partial charge is 0.273 e. The monoisotopic (exact) mass is 392 g/mol. The topological polar surface area (TPSA) is 115 Å². The first-order valence-electron chi connectivity index (χ1n) is 5.24. The maximum absolute atomic E-state index is 12.1. The summed E-state index contributed by atoms with van der Waals surface area (Å²) >= 11 is 8.55.